The molecule has 1 aliphatic carbocycles. The van der Waals surface area contributed by atoms with Gasteiger partial charge in [0.05, 0.1) is 5.92 Å². The van der Waals surface area contributed by atoms with Gasteiger partial charge in [0.2, 0.25) is 5.91 Å². The second kappa shape index (κ2) is 6.74. The lowest BCUT2D eigenvalue weighted by Crippen LogP contribution is -2.49. The number of piperidine rings is 2. The van der Waals surface area contributed by atoms with Gasteiger partial charge in [0.25, 0.3) is 5.92 Å². The van der Waals surface area contributed by atoms with Gasteiger partial charge in [-0.15, -0.1) is 0 Å². The molecule has 0 spiro atoms. The summed E-state index contributed by atoms with van der Waals surface area (Å²) in [7, 11) is 0. The third kappa shape index (κ3) is 3.40. The second-order valence-corrected chi connectivity index (χ2v) is 7.84. The number of amides is 1. The fraction of sp³-hybridized carbons (Fsp3) is 0.737. The number of likely N-dealkylation sites (tertiary alicyclic amines) is 1. The minimum Gasteiger partial charge on any atom is -0.355 e. The number of carbonyl (C=O) groups excluding carboxylic acids is 1. The van der Waals surface area contributed by atoms with Gasteiger partial charge >= 0.3 is 0 Å². The van der Waals surface area contributed by atoms with Crippen molar-refractivity contribution in [2.24, 2.45) is 5.92 Å². The molecule has 1 unspecified atom stereocenters. The predicted octanol–water partition coefficient (Wildman–Crippen LogP) is 2.75. The van der Waals surface area contributed by atoms with Gasteiger partial charge in [-0.25, -0.2) is 18.7 Å². The third-order valence-electron chi connectivity index (χ3n) is 5.90. The van der Waals surface area contributed by atoms with E-state index in [1.54, 1.807) is 4.90 Å². The standard InChI is InChI=1S/C19H26F2N4O/c1-13-22-16-6-2-5-15(16)17(23-13)25-9-3-4-14(12-25)18(26)24-10-7-19(20,21)8-11-24/h14H,2-12H2,1H3. The topological polar surface area (TPSA) is 49.3 Å². The summed E-state index contributed by atoms with van der Waals surface area (Å²) in [5.74, 6) is -0.926. The number of hydrogen-bond acceptors (Lipinski definition) is 4. The van der Waals surface area contributed by atoms with E-state index in [9.17, 15) is 13.6 Å². The average molecular weight is 364 g/mol. The Kier molecular flexibility index (Phi) is 4.57. The van der Waals surface area contributed by atoms with Gasteiger partial charge in [-0.05, 0) is 39.0 Å². The lowest BCUT2D eigenvalue weighted by Gasteiger charge is -2.38. The maximum atomic E-state index is 13.4. The molecule has 7 heteroatoms. The quantitative estimate of drug-likeness (QED) is 0.810. The fourth-order valence-corrected chi connectivity index (χ4v) is 4.48. The zero-order valence-corrected chi connectivity index (χ0v) is 15.3. The van der Waals surface area contributed by atoms with Gasteiger partial charge in [-0.1, -0.05) is 0 Å². The molecular weight excluding hydrogens is 338 g/mol. The summed E-state index contributed by atoms with van der Waals surface area (Å²) in [5, 5.41) is 0. The van der Waals surface area contributed by atoms with Gasteiger partial charge in [0.15, 0.2) is 0 Å². The Morgan fingerprint density at radius 2 is 1.88 bits per heavy atom. The van der Waals surface area contributed by atoms with E-state index in [1.807, 2.05) is 6.92 Å². The molecule has 2 fully saturated rings. The molecule has 2 aliphatic heterocycles. The summed E-state index contributed by atoms with van der Waals surface area (Å²) in [5.41, 5.74) is 2.39. The molecule has 1 aromatic heterocycles. The molecule has 0 N–H and O–H groups in total. The zero-order valence-electron chi connectivity index (χ0n) is 15.3. The van der Waals surface area contributed by atoms with Crippen molar-refractivity contribution < 1.29 is 13.6 Å². The van der Waals surface area contributed by atoms with Gasteiger partial charge in [-0.2, -0.15) is 0 Å². The van der Waals surface area contributed by atoms with Crippen LogP contribution in [0.3, 0.4) is 0 Å². The van der Waals surface area contributed by atoms with Gasteiger partial charge in [0, 0.05) is 50.3 Å². The van der Waals surface area contributed by atoms with Crippen LogP contribution >= 0.6 is 0 Å². The van der Waals surface area contributed by atoms with Crippen LogP contribution in [0.4, 0.5) is 14.6 Å². The number of aromatic nitrogens is 2. The molecular formula is C19H26F2N4O. The average Bonchev–Trinajstić information content (AvgIpc) is 3.09. The van der Waals surface area contributed by atoms with Crippen LogP contribution in [0.2, 0.25) is 0 Å². The number of aryl methyl sites for hydroxylation is 2. The number of anilines is 1. The number of fused-ring (bicyclic) bond motifs is 1. The Morgan fingerprint density at radius 1 is 1.12 bits per heavy atom. The van der Waals surface area contributed by atoms with Crippen LogP contribution in [0.15, 0.2) is 0 Å². The van der Waals surface area contributed by atoms with Crippen LogP contribution < -0.4 is 4.90 Å². The molecule has 2 saturated heterocycles. The molecule has 3 heterocycles. The highest BCUT2D eigenvalue weighted by atomic mass is 19.3. The lowest BCUT2D eigenvalue weighted by molar-refractivity contribution is -0.141. The van der Waals surface area contributed by atoms with Crippen molar-refractivity contribution in [1.29, 1.82) is 0 Å². The van der Waals surface area contributed by atoms with E-state index in [0.29, 0.717) is 6.54 Å². The first kappa shape index (κ1) is 17.6. The van der Waals surface area contributed by atoms with E-state index < -0.39 is 5.92 Å². The molecule has 1 amide bonds. The number of alkyl halides is 2. The minimum atomic E-state index is -2.62. The van der Waals surface area contributed by atoms with Crippen LogP contribution in [0, 0.1) is 12.8 Å². The van der Waals surface area contributed by atoms with Crippen molar-refractivity contribution >= 4 is 11.7 Å². The maximum absolute atomic E-state index is 13.4. The van der Waals surface area contributed by atoms with Crippen LogP contribution in [0.1, 0.15) is 49.2 Å². The van der Waals surface area contributed by atoms with Gasteiger partial charge < -0.3 is 9.80 Å². The summed E-state index contributed by atoms with van der Waals surface area (Å²) in [6.07, 6.45) is 4.44. The number of halogens is 2. The largest absolute Gasteiger partial charge is 0.355 e. The monoisotopic (exact) mass is 364 g/mol. The Balaban J connectivity index is 1.48. The van der Waals surface area contributed by atoms with Crippen LogP contribution in [0.25, 0.3) is 0 Å². The first-order valence-electron chi connectivity index (χ1n) is 9.71. The van der Waals surface area contributed by atoms with E-state index in [0.717, 1.165) is 56.0 Å². The molecule has 0 bridgehead atoms. The predicted molar refractivity (Wildman–Crippen MR) is 94.5 cm³/mol. The molecule has 0 saturated carbocycles. The molecule has 4 rings (SSSR count). The molecule has 1 aromatic rings. The maximum Gasteiger partial charge on any atom is 0.251 e. The van der Waals surface area contributed by atoms with E-state index in [-0.39, 0.29) is 37.8 Å². The van der Waals surface area contributed by atoms with Crippen molar-refractivity contribution in [2.75, 3.05) is 31.1 Å². The van der Waals surface area contributed by atoms with E-state index in [4.69, 9.17) is 0 Å². The molecule has 3 aliphatic rings. The molecule has 26 heavy (non-hydrogen) atoms. The Bertz CT molecular complexity index is 699. The summed E-state index contributed by atoms with van der Waals surface area (Å²) in [4.78, 5) is 26.0. The van der Waals surface area contributed by atoms with Crippen molar-refractivity contribution in [2.45, 2.75) is 57.8 Å². The van der Waals surface area contributed by atoms with Crippen molar-refractivity contribution in [3.63, 3.8) is 0 Å². The first-order chi connectivity index (χ1) is 12.4. The minimum absolute atomic E-state index is 0.0348. The highest BCUT2D eigenvalue weighted by Crippen LogP contribution is 2.33. The number of carbonyl (C=O) groups is 1. The molecule has 1 atom stereocenters. The molecule has 142 valence electrons. The van der Waals surface area contributed by atoms with Gasteiger partial charge in [-0.3, -0.25) is 4.79 Å². The van der Waals surface area contributed by atoms with Crippen LogP contribution in [0.5, 0.6) is 0 Å². The summed E-state index contributed by atoms with van der Waals surface area (Å²) in [6.45, 7) is 3.79. The Labute approximate surface area is 152 Å². The SMILES string of the molecule is Cc1nc2c(c(N3CCCC(C(=O)N4CCC(F)(F)CC4)C3)n1)CCC2. The molecule has 5 nitrogen and oxygen atoms in total. The number of rotatable bonds is 2. The number of nitrogens with zero attached hydrogens (tertiary/aromatic N) is 4. The molecule has 0 aromatic carbocycles. The van der Waals surface area contributed by atoms with Crippen LogP contribution in [-0.2, 0) is 17.6 Å². The molecule has 0 radical (unpaired) electrons. The zero-order chi connectivity index (χ0) is 18.3. The van der Waals surface area contributed by atoms with E-state index >= 15 is 0 Å². The number of hydrogen-bond donors (Lipinski definition) is 0. The van der Waals surface area contributed by atoms with Crippen LogP contribution in [-0.4, -0.2) is 52.9 Å². The van der Waals surface area contributed by atoms with Crippen molar-refractivity contribution in [3.05, 3.63) is 17.1 Å². The highest BCUT2D eigenvalue weighted by Gasteiger charge is 2.38. The highest BCUT2D eigenvalue weighted by molar-refractivity contribution is 5.80. The van der Waals surface area contributed by atoms with Crippen molar-refractivity contribution in [1.82, 2.24) is 14.9 Å². The Morgan fingerprint density at radius 3 is 2.65 bits per heavy atom. The normalized spacial score (nSPS) is 25.3. The first-order valence-corrected chi connectivity index (χ1v) is 9.71. The second-order valence-electron chi connectivity index (χ2n) is 7.84. The van der Waals surface area contributed by atoms with E-state index in [1.165, 1.54) is 5.56 Å². The Hall–Kier alpha value is -1.79. The smallest absolute Gasteiger partial charge is 0.251 e. The fourth-order valence-electron chi connectivity index (χ4n) is 4.48. The summed E-state index contributed by atoms with van der Waals surface area (Å²) in [6, 6.07) is 0. The van der Waals surface area contributed by atoms with Crippen molar-refractivity contribution in [3.8, 4) is 0 Å². The van der Waals surface area contributed by atoms with E-state index in [2.05, 4.69) is 14.9 Å². The summed E-state index contributed by atoms with van der Waals surface area (Å²) >= 11 is 0. The summed E-state index contributed by atoms with van der Waals surface area (Å²) < 4.78 is 26.7. The van der Waals surface area contributed by atoms with Gasteiger partial charge in [0.1, 0.15) is 11.6 Å². The lowest BCUT2D eigenvalue weighted by atomic mass is 9.94. The third-order valence-corrected chi connectivity index (χ3v) is 5.90.